The van der Waals surface area contributed by atoms with E-state index in [1.165, 1.54) is 17.9 Å². The highest BCUT2D eigenvalue weighted by atomic mass is 32.2. The predicted molar refractivity (Wildman–Crippen MR) is 76.4 cm³/mol. The second-order valence-corrected chi connectivity index (χ2v) is 6.09. The number of likely N-dealkylation sites (N-methyl/N-ethyl adjacent to an activating group) is 1. The van der Waals surface area contributed by atoms with Gasteiger partial charge in [0.2, 0.25) is 0 Å². The summed E-state index contributed by atoms with van der Waals surface area (Å²) in [6.45, 7) is 2.38. The average Bonchev–Trinajstić information content (AvgIpc) is 2.88. The van der Waals surface area contributed by atoms with Crippen molar-refractivity contribution >= 4 is 11.8 Å². The molecule has 100 valence electrons. The molecule has 1 fully saturated rings. The van der Waals surface area contributed by atoms with Gasteiger partial charge in [0.05, 0.1) is 0 Å². The van der Waals surface area contributed by atoms with Crippen molar-refractivity contribution in [2.75, 3.05) is 25.1 Å². The highest BCUT2D eigenvalue weighted by Gasteiger charge is 2.26. The minimum absolute atomic E-state index is 0.145. The predicted octanol–water partition coefficient (Wildman–Crippen LogP) is 2.57. The first-order valence-corrected chi connectivity index (χ1v) is 7.54. The summed E-state index contributed by atoms with van der Waals surface area (Å²) in [6, 6.07) is 6.11. The quantitative estimate of drug-likeness (QED) is 0.910. The first-order chi connectivity index (χ1) is 8.63. The lowest BCUT2D eigenvalue weighted by molar-refractivity contribution is 0.192. The Hall–Kier alpha value is -0.580. The Balaban J connectivity index is 2.18. The molecule has 1 aliphatic rings. The molecule has 2 N–H and O–H groups in total. The van der Waals surface area contributed by atoms with Crippen LogP contribution in [0.2, 0.25) is 0 Å². The first-order valence-electron chi connectivity index (χ1n) is 6.39. The van der Waals surface area contributed by atoms with Gasteiger partial charge >= 0.3 is 0 Å². The number of benzene rings is 1. The van der Waals surface area contributed by atoms with Crippen LogP contribution in [0.15, 0.2) is 18.2 Å². The van der Waals surface area contributed by atoms with Crippen LogP contribution in [0.1, 0.15) is 23.6 Å². The van der Waals surface area contributed by atoms with E-state index >= 15 is 0 Å². The SMILES string of the molecule is Cc1cc(C(CN)N(C)C2CCSC2)ccc1F. The molecule has 2 unspecified atom stereocenters. The van der Waals surface area contributed by atoms with E-state index < -0.39 is 0 Å². The van der Waals surface area contributed by atoms with Gasteiger partial charge < -0.3 is 5.73 Å². The molecule has 2 rings (SSSR count). The van der Waals surface area contributed by atoms with Crippen LogP contribution in [0.4, 0.5) is 4.39 Å². The Labute approximate surface area is 113 Å². The number of halogens is 1. The molecule has 0 spiro atoms. The molecule has 0 aliphatic carbocycles. The number of aryl methyl sites for hydroxylation is 1. The van der Waals surface area contributed by atoms with Crippen LogP contribution in [0.25, 0.3) is 0 Å². The van der Waals surface area contributed by atoms with Crippen molar-refractivity contribution in [3.63, 3.8) is 0 Å². The van der Waals surface area contributed by atoms with Gasteiger partial charge in [0.15, 0.2) is 0 Å². The standard InChI is InChI=1S/C14H21FN2S/c1-10-7-11(3-4-13(10)15)14(8-16)17(2)12-5-6-18-9-12/h3-4,7,12,14H,5-6,8-9,16H2,1-2H3. The summed E-state index contributed by atoms with van der Waals surface area (Å²) in [7, 11) is 2.13. The molecule has 2 atom stereocenters. The van der Waals surface area contributed by atoms with Crippen molar-refractivity contribution in [2.45, 2.75) is 25.4 Å². The van der Waals surface area contributed by atoms with Gasteiger partial charge in [0.25, 0.3) is 0 Å². The molecule has 0 radical (unpaired) electrons. The highest BCUT2D eigenvalue weighted by Crippen LogP contribution is 2.28. The molecule has 1 aliphatic heterocycles. The molecular weight excluding hydrogens is 247 g/mol. The molecule has 4 heteroatoms. The van der Waals surface area contributed by atoms with Crippen LogP contribution in [0.5, 0.6) is 0 Å². The van der Waals surface area contributed by atoms with Crippen LogP contribution in [-0.4, -0.2) is 36.0 Å². The first kappa shape index (κ1) is 13.8. The minimum Gasteiger partial charge on any atom is -0.329 e. The van der Waals surface area contributed by atoms with E-state index in [1.54, 1.807) is 13.0 Å². The van der Waals surface area contributed by atoms with Crippen molar-refractivity contribution in [3.8, 4) is 0 Å². The number of rotatable bonds is 4. The van der Waals surface area contributed by atoms with Gasteiger partial charge in [0.1, 0.15) is 5.82 Å². The molecular formula is C14H21FN2S. The van der Waals surface area contributed by atoms with Gasteiger partial charge in [-0.2, -0.15) is 11.8 Å². The topological polar surface area (TPSA) is 29.3 Å². The van der Waals surface area contributed by atoms with Crippen molar-refractivity contribution in [3.05, 3.63) is 35.1 Å². The van der Waals surface area contributed by atoms with E-state index in [4.69, 9.17) is 5.73 Å². The van der Waals surface area contributed by atoms with E-state index in [-0.39, 0.29) is 11.9 Å². The molecule has 1 heterocycles. The van der Waals surface area contributed by atoms with Crippen molar-refractivity contribution in [2.24, 2.45) is 5.73 Å². The molecule has 0 saturated carbocycles. The number of nitrogens with two attached hydrogens (primary N) is 1. The van der Waals surface area contributed by atoms with Crippen LogP contribution in [-0.2, 0) is 0 Å². The third-order valence-electron chi connectivity index (χ3n) is 3.76. The van der Waals surface area contributed by atoms with Crippen LogP contribution < -0.4 is 5.73 Å². The molecule has 0 bridgehead atoms. The Morgan fingerprint density at radius 2 is 2.33 bits per heavy atom. The van der Waals surface area contributed by atoms with Crippen molar-refractivity contribution in [1.82, 2.24) is 4.90 Å². The van der Waals surface area contributed by atoms with Gasteiger partial charge in [-0.25, -0.2) is 4.39 Å². The smallest absolute Gasteiger partial charge is 0.126 e. The number of hydrogen-bond acceptors (Lipinski definition) is 3. The van der Waals surface area contributed by atoms with Gasteiger partial charge in [-0.15, -0.1) is 0 Å². The molecule has 1 saturated heterocycles. The van der Waals surface area contributed by atoms with Crippen LogP contribution in [0, 0.1) is 12.7 Å². The maximum atomic E-state index is 13.3. The zero-order valence-corrected chi connectivity index (χ0v) is 11.8. The summed E-state index contributed by atoms with van der Waals surface area (Å²) in [6.07, 6.45) is 1.22. The van der Waals surface area contributed by atoms with E-state index in [0.29, 0.717) is 18.2 Å². The summed E-state index contributed by atoms with van der Waals surface area (Å²) < 4.78 is 13.3. The molecule has 0 aromatic heterocycles. The Morgan fingerprint density at radius 1 is 1.56 bits per heavy atom. The zero-order valence-electron chi connectivity index (χ0n) is 11.0. The summed E-state index contributed by atoms with van der Waals surface area (Å²) in [5.74, 6) is 2.26. The summed E-state index contributed by atoms with van der Waals surface area (Å²) in [5.41, 5.74) is 7.73. The fourth-order valence-electron chi connectivity index (χ4n) is 2.51. The van der Waals surface area contributed by atoms with E-state index in [2.05, 4.69) is 11.9 Å². The fourth-order valence-corrected chi connectivity index (χ4v) is 3.79. The molecule has 1 aromatic rings. The number of nitrogens with zero attached hydrogens (tertiary/aromatic N) is 1. The summed E-state index contributed by atoms with van der Waals surface area (Å²) in [4.78, 5) is 2.35. The van der Waals surface area contributed by atoms with Crippen molar-refractivity contribution < 1.29 is 4.39 Å². The lowest BCUT2D eigenvalue weighted by Crippen LogP contribution is -2.38. The highest BCUT2D eigenvalue weighted by molar-refractivity contribution is 7.99. The van der Waals surface area contributed by atoms with Gasteiger partial charge in [0, 0.05) is 24.4 Å². The lowest BCUT2D eigenvalue weighted by Gasteiger charge is -2.32. The maximum Gasteiger partial charge on any atom is 0.126 e. The maximum absolute atomic E-state index is 13.3. The van der Waals surface area contributed by atoms with Gasteiger partial charge in [-0.3, -0.25) is 4.90 Å². The molecule has 1 aromatic carbocycles. The van der Waals surface area contributed by atoms with Crippen molar-refractivity contribution in [1.29, 1.82) is 0 Å². The molecule has 0 amide bonds. The third-order valence-corrected chi connectivity index (χ3v) is 4.91. The lowest BCUT2D eigenvalue weighted by atomic mass is 10.0. The minimum atomic E-state index is -0.145. The summed E-state index contributed by atoms with van der Waals surface area (Å²) >= 11 is 2.00. The molecule has 18 heavy (non-hydrogen) atoms. The van der Waals surface area contributed by atoms with Gasteiger partial charge in [-0.1, -0.05) is 12.1 Å². The van der Waals surface area contributed by atoms with E-state index in [0.717, 1.165) is 5.56 Å². The van der Waals surface area contributed by atoms with E-state index in [9.17, 15) is 4.39 Å². The largest absolute Gasteiger partial charge is 0.329 e. The zero-order chi connectivity index (χ0) is 13.1. The average molecular weight is 268 g/mol. The normalized spacial score (nSPS) is 21.5. The van der Waals surface area contributed by atoms with E-state index in [1.807, 2.05) is 23.9 Å². The summed E-state index contributed by atoms with van der Waals surface area (Å²) in [5, 5.41) is 0. The Bertz CT molecular complexity index is 405. The van der Waals surface area contributed by atoms with Gasteiger partial charge in [-0.05, 0) is 43.3 Å². The number of thioether (sulfide) groups is 1. The number of hydrogen-bond donors (Lipinski definition) is 1. The Morgan fingerprint density at radius 3 is 2.89 bits per heavy atom. The second kappa shape index (κ2) is 6.04. The second-order valence-electron chi connectivity index (χ2n) is 4.94. The van der Waals surface area contributed by atoms with Crippen LogP contribution >= 0.6 is 11.8 Å². The third kappa shape index (κ3) is 2.87. The fraction of sp³-hybridized carbons (Fsp3) is 0.571. The monoisotopic (exact) mass is 268 g/mol. The van der Waals surface area contributed by atoms with Crippen LogP contribution in [0.3, 0.4) is 0 Å². The molecule has 2 nitrogen and oxygen atoms in total. The Kier molecular flexibility index (Phi) is 4.65.